The van der Waals surface area contributed by atoms with Crippen LogP contribution in [0.15, 0.2) is 30.6 Å². The standard InChI is InChI=1S/C12H12ClN3/c13-11-6-10-8-15-4-5-16(10)12(11)9-2-1-3-14-7-9/h1-3,6-7,15H,4-5,8H2. The van der Waals surface area contributed by atoms with Crippen molar-refractivity contribution < 1.29 is 0 Å². The van der Waals surface area contributed by atoms with Gasteiger partial charge in [-0.2, -0.15) is 0 Å². The van der Waals surface area contributed by atoms with E-state index >= 15 is 0 Å². The summed E-state index contributed by atoms with van der Waals surface area (Å²) in [5, 5.41) is 4.15. The Bertz CT molecular complexity index is 504. The number of hydrogen-bond donors (Lipinski definition) is 1. The van der Waals surface area contributed by atoms with Gasteiger partial charge in [0.1, 0.15) is 0 Å². The van der Waals surface area contributed by atoms with Crippen LogP contribution in [0.4, 0.5) is 0 Å². The Morgan fingerprint density at radius 2 is 2.38 bits per heavy atom. The molecular formula is C12H12ClN3. The SMILES string of the molecule is Clc1cc2n(c1-c1cccnc1)CCNC2. The summed E-state index contributed by atoms with van der Waals surface area (Å²) in [5.74, 6) is 0. The Kier molecular flexibility index (Phi) is 2.42. The molecular weight excluding hydrogens is 222 g/mol. The molecule has 0 radical (unpaired) electrons. The molecule has 1 N–H and O–H groups in total. The van der Waals surface area contributed by atoms with E-state index in [1.807, 2.05) is 24.4 Å². The van der Waals surface area contributed by atoms with Crippen LogP contribution in [0.2, 0.25) is 5.02 Å². The summed E-state index contributed by atoms with van der Waals surface area (Å²) in [4.78, 5) is 4.14. The van der Waals surface area contributed by atoms with Gasteiger partial charge in [0, 0.05) is 43.3 Å². The van der Waals surface area contributed by atoms with Gasteiger partial charge < -0.3 is 9.88 Å². The van der Waals surface area contributed by atoms with Gasteiger partial charge in [0.05, 0.1) is 10.7 Å². The fourth-order valence-corrected chi connectivity index (χ4v) is 2.51. The largest absolute Gasteiger partial charge is 0.341 e. The summed E-state index contributed by atoms with van der Waals surface area (Å²) >= 11 is 6.29. The van der Waals surface area contributed by atoms with Crippen molar-refractivity contribution in [1.82, 2.24) is 14.9 Å². The Balaban J connectivity index is 2.17. The van der Waals surface area contributed by atoms with Crippen molar-refractivity contribution in [3.8, 4) is 11.3 Å². The number of pyridine rings is 1. The van der Waals surface area contributed by atoms with Crippen LogP contribution in [-0.4, -0.2) is 16.1 Å². The smallest absolute Gasteiger partial charge is 0.0688 e. The van der Waals surface area contributed by atoms with Crippen LogP contribution in [-0.2, 0) is 13.1 Å². The van der Waals surface area contributed by atoms with E-state index in [1.165, 1.54) is 5.69 Å². The molecule has 0 aromatic carbocycles. The average molecular weight is 234 g/mol. The molecule has 4 heteroatoms. The lowest BCUT2D eigenvalue weighted by molar-refractivity contribution is 0.520. The zero-order valence-corrected chi connectivity index (χ0v) is 9.54. The molecule has 0 fully saturated rings. The minimum absolute atomic E-state index is 0.812. The maximum atomic E-state index is 6.29. The molecule has 0 spiro atoms. The van der Waals surface area contributed by atoms with E-state index in [0.717, 1.165) is 35.9 Å². The highest BCUT2D eigenvalue weighted by Gasteiger charge is 2.17. The van der Waals surface area contributed by atoms with Crippen LogP contribution >= 0.6 is 11.6 Å². The molecule has 0 aliphatic carbocycles. The molecule has 1 aliphatic heterocycles. The van der Waals surface area contributed by atoms with E-state index in [4.69, 9.17) is 11.6 Å². The third-order valence-electron chi connectivity index (χ3n) is 2.89. The second-order valence-corrected chi connectivity index (χ2v) is 4.31. The molecule has 0 amide bonds. The molecule has 16 heavy (non-hydrogen) atoms. The van der Waals surface area contributed by atoms with Gasteiger partial charge in [-0.05, 0) is 18.2 Å². The van der Waals surface area contributed by atoms with Gasteiger partial charge in [0.2, 0.25) is 0 Å². The first-order valence-electron chi connectivity index (χ1n) is 5.35. The van der Waals surface area contributed by atoms with Crippen molar-refractivity contribution >= 4 is 11.6 Å². The summed E-state index contributed by atoms with van der Waals surface area (Å²) < 4.78 is 2.27. The van der Waals surface area contributed by atoms with E-state index in [9.17, 15) is 0 Å². The molecule has 2 aromatic rings. The van der Waals surface area contributed by atoms with Crippen LogP contribution in [0.3, 0.4) is 0 Å². The molecule has 82 valence electrons. The normalized spacial score (nSPS) is 14.8. The van der Waals surface area contributed by atoms with Crippen LogP contribution in [0.1, 0.15) is 5.69 Å². The van der Waals surface area contributed by atoms with Crippen molar-refractivity contribution in [2.75, 3.05) is 6.54 Å². The molecule has 3 rings (SSSR count). The Morgan fingerprint density at radius 1 is 1.44 bits per heavy atom. The van der Waals surface area contributed by atoms with Crippen molar-refractivity contribution in [3.63, 3.8) is 0 Å². The van der Waals surface area contributed by atoms with Crippen molar-refractivity contribution in [2.24, 2.45) is 0 Å². The van der Waals surface area contributed by atoms with Gasteiger partial charge in [-0.3, -0.25) is 4.98 Å². The number of aromatic nitrogens is 2. The van der Waals surface area contributed by atoms with Crippen molar-refractivity contribution in [3.05, 3.63) is 41.3 Å². The van der Waals surface area contributed by atoms with E-state index in [-0.39, 0.29) is 0 Å². The predicted molar refractivity (Wildman–Crippen MR) is 64.4 cm³/mol. The first-order chi connectivity index (χ1) is 7.86. The molecule has 0 atom stereocenters. The molecule has 0 unspecified atom stereocenters. The van der Waals surface area contributed by atoms with Crippen molar-refractivity contribution in [2.45, 2.75) is 13.1 Å². The summed E-state index contributed by atoms with van der Waals surface area (Å²) in [7, 11) is 0. The molecule has 0 bridgehead atoms. The van der Waals surface area contributed by atoms with Gasteiger partial charge in [-0.25, -0.2) is 0 Å². The first-order valence-corrected chi connectivity index (χ1v) is 5.73. The number of rotatable bonds is 1. The van der Waals surface area contributed by atoms with E-state index in [0.29, 0.717) is 0 Å². The number of nitrogens with zero attached hydrogens (tertiary/aromatic N) is 2. The van der Waals surface area contributed by atoms with Crippen LogP contribution in [0, 0.1) is 0 Å². The maximum Gasteiger partial charge on any atom is 0.0688 e. The third kappa shape index (κ3) is 1.52. The highest BCUT2D eigenvalue weighted by atomic mass is 35.5. The Hall–Kier alpha value is -1.32. The van der Waals surface area contributed by atoms with Gasteiger partial charge in [0.25, 0.3) is 0 Å². The van der Waals surface area contributed by atoms with Gasteiger partial charge in [-0.15, -0.1) is 0 Å². The van der Waals surface area contributed by atoms with Gasteiger partial charge in [0.15, 0.2) is 0 Å². The summed E-state index contributed by atoms with van der Waals surface area (Å²) in [5.41, 5.74) is 3.42. The minimum Gasteiger partial charge on any atom is -0.341 e. The number of hydrogen-bond acceptors (Lipinski definition) is 2. The lowest BCUT2D eigenvalue weighted by atomic mass is 10.2. The number of halogens is 1. The molecule has 0 saturated heterocycles. The Labute approximate surface area is 99.1 Å². The maximum absolute atomic E-state index is 6.29. The summed E-state index contributed by atoms with van der Waals surface area (Å²) in [6.07, 6.45) is 3.63. The van der Waals surface area contributed by atoms with Gasteiger partial charge >= 0.3 is 0 Å². The number of nitrogens with one attached hydrogen (secondary N) is 1. The van der Waals surface area contributed by atoms with E-state index < -0.39 is 0 Å². The quantitative estimate of drug-likeness (QED) is 0.819. The second kappa shape index (κ2) is 3.92. The van der Waals surface area contributed by atoms with Crippen LogP contribution < -0.4 is 5.32 Å². The fourth-order valence-electron chi connectivity index (χ4n) is 2.17. The molecule has 0 saturated carbocycles. The predicted octanol–water partition coefficient (Wildman–Crippen LogP) is 2.31. The first kappa shape index (κ1) is 9.87. The summed E-state index contributed by atoms with van der Waals surface area (Å²) in [6, 6.07) is 6.02. The van der Waals surface area contributed by atoms with E-state index in [2.05, 4.69) is 14.9 Å². The zero-order valence-electron chi connectivity index (χ0n) is 8.78. The highest BCUT2D eigenvalue weighted by molar-refractivity contribution is 6.33. The van der Waals surface area contributed by atoms with Crippen LogP contribution in [0.5, 0.6) is 0 Å². The molecule has 3 nitrogen and oxygen atoms in total. The molecule has 1 aliphatic rings. The third-order valence-corrected chi connectivity index (χ3v) is 3.18. The fraction of sp³-hybridized carbons (Fsp3) is 0.250. The monoisotopic (exact) mass is 233 g/mol. The lowest BCUT2D eigenvalue weighted by Gasteiger charge is -2.19. The second-order valence-electron chi connectivity index (χ2n) is 3.90. The zero-order chi connectivity index (χ0) is 11.0. The minimum atomic E-state index is 0.812. The molecule has 3 heterocycles. The highest BCUT2D eigenvalue weighted by Crippen LogP contribution is 2.31. The Morgan fingerprint density at radius 3 is 3.19 bits per heavy atom. The average Bonchev–Trinajstić information content (AvgIpc) is 2.66. The number of fused-ring (bicyclic) bond motifs is 1. The van der Waals surface area contributed by atoms with Crippen molar-refractivity contribution in [1.29, 1.82) is 0 Å². The summed E-state index contributed by atoms with van der Waals surface area (Å²) in [6.45, 7) is 2.84. The molecule has 2 aromatic heterocycles. The topological polar surface area (TPSA) is 29.9 Å². The van der Waals surface area contributed by atoms with Crippen LogP contribution in [0.25, 0.3) is 11.3 Å². The van der Waals surface area contributed by atoms with E-state index in [1.54, 1.807) is 6.20 Å². The lowest BCUT2D eigenvalue weighted by Crippen LogP contribution is -2.27. The van der Waals surface area contributed by atoms with Gasteiger partial charge in [-0.1, -0.05) is 11.6 Å².